The van der Waals surface area contributed by atoms with Crippen LogP contribution >= 0.6 is 0 Å². The first-order valence-corrected chi connectivity index (χ1v) is 6.23. The minimum absolute atomic E-state index is 0.696. The normalized spacial score (nSPS) is 11.0. The van der Waals surface area contributed by atoms with Crippen LogP contribution in [0.3, 0.4) is 0 Å². The molecule has 0 aliphatic heterocycles. The fourth-order valence-electron chi connectivity index (χ4n) is 2.09. The van der Waals surface area contributed by atoms with E-state index in [2.05, 4.69) is 43.1 Å². The standard InChI is InChI=1S/C16H15NO/c1-3-12-7-8-15-14(10-12)17-16(18-15)13-6-4-5-11(2)9-13/h4-10H,3H2,1-2H3. The Kier molecular flexibility index (Phi) is 2.63. The third-order valence-corrected chi connectivity index (χ3v) is 3.13. The minimum Gasteiger partial charge on any atom is -0.436 e. The van der Waals surface area contributed by atoms with E-state index in [0.717, 1.165) is 23.1 Å². The average molecular weight is 237 g/mol. The predicted octanol–water partition coefficient (Wildman–Crippen LogP) is 4.37. The van der Waals surface area contributed by atoms with Gasteiger partial charge in [-0.3, -0.25) is 0 Å². The summed E-state index contributed by atoms with van der Waals surface area (Å²) in [5.74, 6) is 0.696. The van der Waals surface area contributed by atoms with Gasteiger partial charge in [0.05, 0.1) is 0 Å². The van der Waals surface area contributed by atoms with Crippen LogP contribution in [0.25, 0.3) is 22.6 Å². The van der Waals surface area contributed by atoms with Crippen molar-refractivity contribution in [3.05, 3.63) is 53.6 Å². The number of fused-ring (bicyclic) bond motifs is 1. The third kappa shape index (κ3) is 1.90. The highest BCUT2D eigenvalue weighted by Gasteiger charge is 2.08. The number of benzene rings is 2. The first-order chi connectivity index (χ1) is 8.76. The maximum atomic E-state index is 5.80. The second-order valence-corrected chi connectivity index (χ2v) is 4.54. The summed E-state index contributed by atoms with van der Waals surface area (Å²) in [5, 5.41) is 0. The Balaban J connectivity index is 2.13. The van der Waals surface area contributed by atoms with Crippen LogP contribution < -0.4 is 0 Å². The number of aromatic nitrogens is 1. The van der Waals surface area contributed by atoms with Gasteiger partial charge in [0.15, 0.2) is 5.58 Å². The van der Waals surface area contributed by atoms with Crippen molar-refractivity contribution in [3.63, 3.8) is 0 Å². The Morgan fingerprint density at radius 2 is 2.00 bits per heavy atom. The molecule has 0 unspecified atom stereocenters. The van der Waals surface area contributed by atoms with E-state index in [-0.39, 0.29) is 0 Å². The number of oxazole rings is 1. The molecule has 0 aliphatic carbocycles. The van der Waals surface area contributed by atoms with E-state index in [9.17, 15) is 0 Å². The highest BCUT2D eigenvalue weighted by atomic mass is 16.3. The van der Waals surface area contributed by atoms with E-state index in [1.807, 2.05) is 18.2 Å². The molecule has 2 nitrogen and oxygen atoms in total. The molecular formula is C16H15NO. The van der Waals surface area contributed by atoms with Crippen LogP contribution in [0.1, 0.15) is 18.1 Å². The topological polar surface area (TPSA) is 26.0 Å². The molecular weight excluding hydrogens is 222 g/mol. The van der Waals surface area contributed by atoms with Crippen LogP contribution in [0.15, 0.2) is 46.9 Å². The molecule has 0 atom stereocenters. The minimum atomic E-state index is 0.696. The second kappa shape index (κ2) is 4.30. The summed E-state index contributed by atoms with van der Waals surface area (Å²) in [4.78, 5) is 4.57. The summed E-state index contributed by atoms with van der Waals surface area (Å²) in [6, 6.07) is 14.4. The van der Waals surface area contributed by atoms with Crippen LogP contribution in [0.4, 0.5) is 0 Å². The maximum Gasteiger partial charge on any atom is 0.227 e. The molecule has 2 aromatic carbocycles. The van der Waals surface area contributed by atoms with Gasteiger partial charge in [0, 0.05) is 5.56 Å². The fraction of sp³-hybridized carbons (Fsp3) is 0.188. The van der Waals surface area contributed by atoms with Gasteiger partial charge < -0.3 is 4.42 Å². The van der Waals surface area contributed by atoms with Crippen molar-refractivity contribution in [1.29, 1.82) is 0 Å². The van der Waals surface area contributed by atoms with Gasteiger partial charge in [0.25, 0.3) is 0 Å². The molecule has 3 rings (SSSR count). The number of hydrogen-bond donors (Lipinski definition) is 0. The van der Waals surface area contributed by atoms with E-state index in [1.165, 1.54) is 11.1 Å². The summed E-state index contributed by atoms with van der Waals surface area (Å²) >= 11 is 0. The van der Waals surface area contributed by atoms with Crippen molar-refractivity contribution in [2.45, 2.75) is 20.3 Å². The van der Waals surface area contributed by atoms with Gasteiger partial charge in [0.1, 0.15) is 5.52 Å². The Hall–Kier alpha value is -2.09. The van der Waals surface area contributed by atoms with Gasteiger partial charge in [-0.25, -0.2) is 4.98 Å². The zero-order chi connectivity index (χ0) is 12.5. The number of aryl methyl sites for hydroxylation is 2. The average Bonchev–Trinajstić information content (AvgIpc) is 2.81. The largest absolute Gasteiger partial charge is 0.436 e. The van der Waals surface area contributed by atoms with E-state index < -0.39 is 0 Å². The van der Waals surface area contributed by atoms with Crippen molar-refractivity contribution in [2.24, 2.45) is 0 Å². The Morgan fingerprint density at radius 3 is 2.78 bits per heavy atom. The van der Waals surface area contributed by atoms with Crippen LogP contribution in [0.2, 0.25) is 0 Å². The first kappa shape index (κ1) is 11.0. The van der Waals surface area contributed by atoms with Crippen LogP contribution in [-0.2, 0) is 6.42 Å². The maximum absolute atomic E-state index is 5.80. The van der Waals surface area contributed by atoms with Crippen LogP contribution in [-0.4, -0.2) is 4.98 Å². The summed E-state index contributed by atoms with van der Waals surface area (Å²) in [6.07, 6.45) is 1.02. The van der Waals surface area contributed by atoms with Crippen LogP contribution in [0.5, 0.6) is 0 Å². The summed E-state index contributed by atoms with van der Waals surface area (Å²) in [7, 11) is 0. The molecule has 0 N–H and O–H groups in total. The third-order valence-electron chi connectivity index (χ3n) is 3.13. The van der Waals surface area contributed by atoms with Gasteiger partial charge in [-0.2, -0.15) is 0 Å². The molecule has 18 heavy (non-hydrogen) atoms. The lowest BCUT2D eigenvalue weighted by Gasteiger charge is -1.95. The molecule has 1 aromatic heterocycles. The van der Waals surface area contributed by atoms with Crippen molar-refractivity contribution in [3.8, 4) is 11.5 Å². The first-order valence-electron chi connectivity index (χ1n) is 6.23. The fourth-order valence-corrected chi connectivity index (χ4v) is 2.09. The number of hydrogen-bond acceptors (Lipinski definition) is 2. The van der Waals surface area contributed by atoms with Crippen LogP contribution in [0, 0.1) is 6.92 Å². The molecule has 0 fully saturated rings. The van der Waals surface area contributed by atoms with E-state index in [4.69, 9.17) is 4.42 Å². The SMILES string of the molecule is CCc1ccc2oc(-c3cccc(C)c3)nc2c1. The molecule has 0 aliphatic rings. The van der Waals surface area contributed by atoms with Gasteiger partial charge in [0.2, 0.25) is 5.89 Å². The summed E-state index contributed by atoms with van der Waals surface area (Å²) in [5.41, 5.74) is 5.31. The van der Waals surface area contributed by atoms with E-state index >= 15 is 0 Å². The molecule has 90 valence electrons. The lowest BCUT2D eigenvalue weighted by Crippen LogP contribution is -1.79. The van der Waals surface area contributed by atoms with Gasteiger partial charge >= 0.3 is 0 Å². The predicted molar refractivity (Wildman–Crippen MR) is 73.6 cm³/mol. The highest BCUT2D eigenvalue weighted by Crippen LogP contribution is 2.25. The molecule has 0 bridgehead atoms. The molecule has 1 heterocycles. The molecule has 0 saturated heterocycles. The lowest BCUT2D eigenvalue weighted by molar-refractivity contribution is 0.619. The van der Waals surface area contributed by atoms with E-state index in [0.29, 0.717) is 5.89 Å². The molecule has 0 saturated carbocycles. The molecule has 0 spiro atoms. The van der Waals surface area contributed by atoms with Crippen molar-refractivity contribution >= 4 is 11.1 Å². The molecule has 2 heteroatoms. The quantitative estimate of drug-likeness (QED) is 0.661. The zero-order valence-corrected chi connectivity index (χ0v) is 10.6. The summed E-state index contributed by atoms with van der Waals surface area (Å²) < 4.78 is 5.80. The molecule has 0 amide bonds. The smallest absolute Gasteiger partial charge is 0.227 e. The van der Waals surface area contributed by atoms with Gasteiger partial charge in [-0.05, 0) is 43.2 Å². The zero-order valence-electron chi connectivity index (χ0n) is 10.6. The van der Waals surface area contributed by atoms with E-state index in [1.54, 1.807) is 0 Å². The Labute approximate surface area is 106 Å². The monoisotopic (exact) mass is 237 g/mol. The van der Waals surface area contributed by atoms with Crippen molar-refractivity contribution < 1.29 is 4.42 Å². The molecule has 0 radical (unpaired) electrons. The van der Waals surface area contributed by atoms with Crippen molar-refractivity contribution in [2.75, 3.05) is 0 Å². The highest BCUT2D eigenvalue weighted by molar-refractivity contribution is 5.77. The van der Waals surface area contributed by atoms with Crippen molar-refractivity contribution in [1.82, 2.24) is 4.98 Å². The molecule has 3 aromatic rings. The summed E-state index contributed by atoms with van der Waals surface area (Å²) in [6.45, 7) is 4.21. The van der Waals surface area contributed by atoms with Gasteiger partial charge in [-0.1, -0.05) is 30.7 Å². The van der Waals surface area contributed by atoms with Gasteiger partial charge in [-0.15, -0.1) is 0 Å². The Bertz CT molecular complexity index is 697. The second-order valence-electron chi connectivity index (χ2n) is 4.54. The number of nitrogens with zero attached hydrogens (tertiary/aromatic N) is 1. The number of rotatable bonds is 2. The Morgan fingerprint density at radius 1 is 1.11 bits per heavy atom. The lowest BCUT2D eigenvalue weighted by atomic mass is 10.1.